The van der Waals surface area contributed by atoms with Gasteiger partial charge in [-0.05, 0) is 60.4 Å². The summed E-state index contributed by atoms with van der Waals surface area (Å²) in [5.41, 5.74) is 1.02. The van der Waals surface area contributed by atoms with Crippen molar-refractivity contribution in [2.75, 3.05) is 27.2 Å². The first-order valence-electron chi connectivity index (χ1n) is 7.43. The minimum Gasteiger partial charge on any atom is -0.352 e. The third-order valence-corrected chi connectivity index (χ3v) is 5.98. The fourth-order valence-electron chi connectivity index (χ4n) is 2.75. The highest BCUT2D eigenvalue weighted by atomic mass is 79.9. The normalized spacial score (nSPS) is 21.0. The van der Waals surface area contributed by atoms with Gasteiger partial charge in [0.15, 0.2) is 5.11 Å². The lowest BCUT2D eigenvalue weighted by Crippen LogP contribution is -2.35. The average Bonchev–Trinajstić information content (AvgIpc) is 3.09. The van der Waals surface area contributed by atoms with Crippen LogP contribution in [0.4, 0.5) is 0 Å². The molecule has 7 heteroatoms. The number of aromatic nitrogens is 1. The van der Waals surface area contributed by atoms with Crippen LogP contribution in [0, 0.1) is 0 Å². The van der Waals surface area contributed by atoms with Gasteiger partial charge in [0.25, 0.3) is 0 Å². The summed E-state index contributed by atoms with van der Waals surface area (Å²) in [7, 11) is 4.17. The predicted octanol–water partition coefficient (Wildman–Crippen LogP) is 3.44. The van der Waals surface area contributed by atoms with E-state index in [0.29, 0.717) is 0 Å². The van der Waals surface area contributed by atoms with E-state index in [4.69, 9.17) is 12.2 Å². The lowest BCUT2D eigenvalue weighted by molar-refractivity contribution is 0.280. The summed E-state index contributed by atoms with van der Waals surface area (Å²) in [6.07, 6.45) is 1.84. The third-order valence-electron chi connectivity index (χ3n) is 3.87. The molecule has 1 fully saturated rings. The zero-order valence-electron chi connectivity index (χ0n) is 13.1. The molecule has 2 aromatic heterocycles. The highest BCUT2D eigenvalue weighted by Crippen LogP contribution is 2.41. The predicted molar refractivity (Wildman–Crippen MR) is 103 cm³/mol. The molecule has 0 spiro atoms. The number of hydrogen-bond donors (Lipinski definition) is 1. The summed E-state index contributed by atoms with van der Waals surface area (Å²) in [6.45, 7) is 1.85. The highest BCUT2D eigenvalue weighted by Gasteiger charge is 2.40. The standard InChI is InChI=1S/C16H19BrN4S2/c1-20(2)7-8-21-15(13-9-11(17)10-23-13)14(19-16(21)22)12-5-3-4-6-18-12/h3-6,9-10,14-15H,7-8H2,1-2H3,(H,19,22)/t14-,15+/m1/s1. The Morgan fingerprint density at radius 2 is 2.26 bits per heavy atom. The summed E-state index contributed by atoms with van der Waals surface area (Å²) >= 11 is 10.9. The lowest BCUT2D eigenvalue weighted by atomic mass is 10.0. The van der Waals surface area contributed by atoms with Crippen molar-refractivity contribution >= 4 is 44.6 Å². The zero-order chi connectivity index (χ0) is 16.4. The van der Waals surface area contributed by atoms with Gasteiger partial charge in [0.05, 0.1) is 17.8 Å². The molecular weight excluding hydrogens is 392 g/mol. The number of likely N-dealkylation sites (N-methyl/N-ethyl adjacent to an activating group) is 1. The quantitative estimate of drug-likeness (QED) is 0.762. The molecule has 3 heterocycles. The van der Waals surface area contributed by atoms with Gasteiger partial charge in [0.2, 0.25) is 0 Å². The number of thiophene rings is 1. The van der Waals surface area contributed by atoms with Crippen molar-refractivity contribution in [3.63, 3.8) is 0 Å². The van der Waals surface area contributed by atoms with E-state index in [9.17, 15) is 0 Å². The van der Waals surface area contributed by atoms with Crippen LogP contribution in [0.2, 0.25) is 0 Å². The summed E-state index contributed by atoms with van der Waals surface area (Å²) < 4.78 is 1.11. The Kier molecular flexibility index (Phi) is 5.31. The van der Waals surface area contributed by atoms with Crippen LogP contribution >= 0.6 is 39.5 Å². The number of nitrogens with one attached hydrogen (secondary N) is 1. The second kappa shape index (κ2) is 7.25. The van der Waals surface area contributed by atoms with E-state index in [2.05, 4.69) is 67.6 Å². The van der Waals surface area contributed by atoms with Crippen LogP contribution in [0.5, 0.6) is 0 Å². The maximum absolute atomic E-state index is 5.61. The minimum absolute atomic E-state index is 0.0800. The molecule has 2 aromatic rings. The van der Waals surface area contributed by atoms with Crippen molar-refractivity contribution in [3.8, 4) is 0 Å². The Hall–Kier alpha value is -1.02. The number of nitrogens with zero attached hydrogens (tertiary/aromatic N) is 3. The molecule has 1 saturated heterocycles. The van der Waals surface area contributed by atoms with Crippen molar-refractivity contribution in [3.05, 3.63) is 50.9 Å². The van der Waals surface area contributed by atoms with E-state index in [1.807, 2.05) is 18.3 Å². The number of thiocarbonyl (C=S) groups is 1. The van der Waals surface area contributed by atoms with E-state index in [1.165, 1.54) is 4.88 Å². The van der Waals surface area contributed by atoms with Crippen LogP contribution in [-0.2, 0) is 0 Å². The van der Waals surface area contributed by atoms with E-state index in [1.54, 1.807) is 11.3 Å². The smallest absolute Gasteiger partial charge is 0.170 e. The van der Waals surface area contributed by atoms with E-state index in [0.717, 1.165) is 28.4 Å². The van der Waals surface area contributed by atoms with Crippen LogP contribution in [0.25, 0.3) is 0 Å². The van der Waals surface area contributed by atoms with Gasteiger partial charge in [-0.2, -0.15) is 0 Å². The van der Waals surface area contributed by atoms with Gasteiger partial charge in [-0.1, -0.05) is 6.07 Å². The molecular formula is C16H19BrN4S2. The second-order valence-electron chi connectivity index (χ2n) is 5.79. The first kappa shape index (κ1) is 16.8. The molecule has 1 aliphatic rings. The maximum atomic E-state index is 5.61. The summed E-state index contributed by atoms with van der Waals surface area (Å²) in [6, 6.07) is 8.47. The number of pyridine rings is 1. The topological polar surface area (TPSA) is 31.4 Å². The Labute approximate surface area is 154 Å². The number of hydrogen-bond acceptors (Lipinski definition) is 4. The molecule has 122 valence electrons. The number of rotatable bonds is 5. The largest absolute Gasteiger partial charge is 0.352 e. The molecule has 0 aromatic carbocycles. The van der Waals surface area contributed by atoms with Gasteiger partial charge < -0.3 is 15.1 Å². The van der Waals surface area contributed by atoms with Gasteiger partial charge in [-0.25, -0.2) is 0 Å². The first-order valence-corrected chi connectivity index (χ1v) is 9.51. The molecule has 0 radical (unpaired) electrons. The molecule has 0 aliphatic carbocycles. The number of halogens is 1. The van der Waals surface area contributed by atoms with Crippen molar-refractivity contribution in [1.82, 2.24) is 20.1 Å². The molecule has 3 rings (SSSR count). The van der Waals surface area contributed by atoms with Gasteiger partial charge in [-0.15, -0.1) is 11.3 Å². The summed E-state index contributed by atoms with van der Waals surface area (Å²) in [4.78, 5) is 10.3. The van der Waals surface area contributed by atoms with Gasteiger partial charge in [0.1, 0.15) is 0 Å². The molecule has 4 nitrogen and oxygen atoms in total. The summed E-state index contributed by atoms with van der Waals surface area (Å²) in [5, 5.41) is 6.39. The SMILES string of the molecule is CN(C)CCN1C(=S)N[C@H](c2ccccn2)[C@@H]1c1cc(Br)cs1. The van der Waals surface area contributed by atoms with Crippen molar-refractivity contribution in [2.45, 2.75) is 12.1 Å². The van der Waals surface area contributed by atoms with Crippen LogP contribution < -0.4 is 5.32 Å². The fourth-order valence-corrected chi connectivity index (χ4v) is 4.67. The molecule has 1 aliphatic heterocycles. The Morgan fingerprint density at radius 1 is 1.43 bits per heavy atom. The van der Waals surface area contributed by atoms with Gasteiger partial charge in [0, 0.05) is 34.0 Å². The van der Waals surface area contributed by atoms with Crippen LogP contribution in [0.3, 0.4) is 0 Å². The van der Waals surface area contributed by atoms with Crippen LogP contribution in [-0.4, -0.2) is 47.1 Å². The van der Waals surface area contributed by atoms with Gasteiger partial charge in [-0.3, -0.25) is 4.98 Å². The minimum atomic E-state index is 0.0800. The highest BCUT2D eigenvalue weighted by molar-refractivity contribution is 9.10. The van der Waals surface area contributed by atoms with E-state index < -0.39 is 0 Å². The molecule has 1 N–H and O–H groups in total. The molecule has 0 saturated carbocycles. The molecule has 23 heavy (non-hydrogen) atoms. The Morgan fingerprint density at radius 3 is 2.87 bits per heavy atom. The summed E-state index contributed by atoms with van der Waals surface area (Å²) in [5.74, 6) is 0. The average molecular weight is 411 g/mol. The Bertz CT molecular complexity index is 674. The zero-order valence-corrected chi connectivity index (χ0v) is 16.3. The fraction of sp³-hybridized carbons (Fsp3) is 0.375. The first-order chi connectivity index (χ1) is 11.1. The van der Waals surface area contributed by atoms with E-state index >= 15 is 0 Å². The van der Waals surface area contributed by atoms with Crippen LogP contribution in [0.1, 0.15) is 22.7 Å². The molecule has 0 bridgehead atoms. The molecule has 2 atom stereocenters. The van der Waals surface area contributed by atoms with E-state index in [-0.39, 0.29) is 12.1 Å². The molecule has 0 unspecified atom stereocenters. The van der Waals surface area contributed by atoms with Crippen molar-refractivity contribution in [1.29, 1.82) is 0 Å². The third kappa shape index (κ3) is 3.74. The van der Waals surface area contributed by atoms with Crippen LogP contribution in [0.15, 0.2) is 40.3 Å². The second-order valence-corrected chi connectivity index (χ2v) is 8.04. The monoisotopic (exact) mass is 410 g/mol. The lowest BCUT2D eigenvalue weighted by Gasteiger charge is -2.27. The van der Waals surface area contributed by atoms with Gasteiger partial charge >= 0.3 is 0 Å². The van der Waals surface area contributed by atoms with Crippen molar-refractivity contribution < 1.29 is 0 Å². The molecule has 0 amide bonds. The van der Waals surface area contributed by atoms with Crippen molar-refractivity contribution in [2.24, 2.45) is 0 Å². The Balaban J connectivity index is 1.94. The maximum Gasteiger partial charge on any atom is 0.170 e.